The molecule has 0 heterocycles. The van der Waals surface area contributed by atoms with Gasteiger partial charge in [-0.3, -0.25) is 4.79 Å². The first kappa shape index (κ1) is 17.5. The molecule has 0 aliphatic heterocycles. The van der Waals surface area contributed by atoms with Gasteiger partial charge in [-0.1, -0.05) is 6.07 Å². The molecule has 24 heavy (non-hydrogen) atoms. The lowest BCUT2D eigenvalue weighted by Crippen LogP contribution is -2.23. The summed E-state index contributed by atoms with van der Waals surface area (Å²) in [6.07, 6.45) is 0. The minimum atomic E-state index is -0.187. The van der Waals surface area contributed by atoms with Crippen molar-refractivity contribution in [3.8, 4) is 17.2 Å². The van der Waals surface area contributed by atoms with Gasteiger partial charge in [-0.25, -0.2) is 0 Å². The van der Waals surface area contributed by atoms with Crippen LogP contribution >= 0.6 is 0 Å². The van der Waals surface area contributed by atoms with Crippen molar-refractivity contribution in [1.82, 2.24) is 5.32 Å². The molecule has 0 aliphatic carbocycles. The minimum absolute atomic E-state index is 0.187. The first-order valence-electron chi connectivity index (χ1n) is 7.43. The highest BCUT2D eigenvalue weighted by Crippen LogP contribution is 2.38. The summed E-state index contributed by atoms with van der Waals surface area (Å²) in [7, 11) is 4.65. The summed E-state index contributed by atoms with van der Waals surface area (Å²) in [5.41, 5.74) is 8.57. The molecule has 0 aromatic heterocycles. The molecule has 6 nitrogen and oxygen atoms in total. The van der Waals surface area contributed by atoms with Crippen LogP contribution in [0.1, 0.15) is 21.5 Å². The van der Waals surface area contributed by atoms with Gasteiger partial charge in [0.1, 0.15) is 0 Å². The number of hydrogen-bond acceptors (Lipinski definition) is 5. The summed E-state index contributed by atoms with van der Waals surface area (Å²) < 4.78 is 15.9. The van der Waals surface area contributed by atoms with Gasteiger partial charge >= 0.3 is 0 Å². The Bertz CT molecular complexity index is 719. The number of rotatable bonds is 6. The van der Waals surface area contributed by atoms with Crippen molar-refractivity contribution >= 4 is 11.6 Å². The molecule has 1 amide bonds. The zero-order chi connectivity index (χ0) is 17.7. The van der Waals surface area contributed by atoms with Crippen LogP contribution in [0.4, 0.5) is 5.69 Å². The summed E-state index contributed by atoms with van der Waals surface area (Å²) >= 11 is 0. The van der Waals surface area contributed by atoms with Crippen molar-refractivity contribution in [2.24, 2.45) is 0 Å². The molecular weight excluding hydrogens is 308 g/mol. The van der Waals surface area contributed by atoms with Gasteiger partial charge in [0.15, 0.2) is 11.5 Å². The molecule has 128 valence electrons. The van der Waals surface area contributed by atoms with E-state index >= 15 is 0 Å². The summed E-state index contributed by atoms with van der Waals surface area (Å²) in [5, 5.41) is 2.88. The standard InChI is InChI=1S/C18H22N2O4/c1-11-5-6-13(19)9-14(11)18(21)20-10-12-7-15(22-2)17(24-4)16(8-12)23-3/h5-9H,10,19H2,1-4H3,(H,20,21). The van der Waals surface area contributed by atoms with E-state index in [1.54, 1.807) is 45.6 Å². The number of aryl methyl sites for hydroxylation is 1. The van der Waals surface area contributed by atoms with E-state index in [1.165, 1.54) is 0 Å². The zero-order valence-electron chi connectivity index (χ0n) is 14.3. The predicted octanol–water partition coefficient (Wildman–Crippen LogP) is 2.53. The van der Waals surface area contributed by atoms with Crippen molar-refractivity contribution in [2.45, 2.75) is 13.5 Å². The van der Waals surface area contributed by atoms with Crippen LogP contribution in [0, 0.1) is 6.92 Å². The van der Waals surface area contributed by atoms with Crippen LogP contribution in [-0.2, 0) is 6.54 Å². The van der Waals surface area contributed by atoms with E-state index in [0.29, 0.717) is 35.0 Å². The van der Waals surface area contributed by atoms with Crippen LogP contribution in [0.3, 0.4) is 0 Å². The number of nitrogens with two attached hydrogens (primary N) is 1. The van der Waals surface area contributed by atoms with E-state index < -0.39 is 0 Å². The lowest BCUT2D eigenvalue weighted by molar-refractivity contribution is 0.0950. The molecular formula is C18H22N2O4. The Labute approximate surface area is 141 Å². The summed E-state index contributed by atoms with van der Waals surface area (Å²) in [6.45, 7) is 2.19. The highest BCUT2D eigenvalue weighted by atomic mass is 16.5. The van der Waals surface area contributed by atoms with E-state index in [9.17, 15) is 4.79 Å². The van der Waals surface area contributed by atoms with Crippen LogP contribution in [-0.4, -0.2) is 27.2 Å². The Morgan fingerprint density at radius 2 is 1.67 bits per heavy atom. The number of amides is 1. The Balaban J connectivity index is 2.19. The third-order valence-corrected chi connectivity index (χ3v) is 3.68. The minimum Gasteiger partial charge on any atom is -0.493 e. The molecule has 3 N–H and O–H groups in total. The molecule has 0 radical (unpaired) electrons. The van der Waals surface area contributed by atoms with Crippen molar-refractivity contribution < 1.29 is 19.0 Å². The normalized spacial score (nSPS) is 10.2. The fraction of sp³-hybridized carbons (Fsp3) is 0.278. The van der Waals surface area contributed by atoms with Crippen molar-refractivity contribution in [1.29, 1.82) is 0 Å². The molecule has 0 aliphatic rings. The molecule has 0 atom stereocenters. The van der Waals surface area contributed by atoms with E-state index in [-0.39, 0.29) is 5.91 Å². The fourth-order valence-corrected chi connectivity index (χ4v) is 2.40. The Morgan fingerprint density at radius 3 is 2.21 bits per heavy atom. The molecule has 0 fully saturated rings. The van der Waals surface area contributed by atoms with E-state index in [1.807, 2.05) is 13.0 Å². The van der Waals surface area contributed by atoms with E-state index in [4.69, 9.17) is 19.9 Å². The second-order valence-electron chi connectivity index (χ2n) is 5.29. The largest absolute Gasteiger partial charge is 0.493 e. The van der Waals surface area contributed by atoms with Crippen LogP contribution in [0.5, 0.6) is 17.2 Å². The van der Waals surface area contributed by atoms with Crippen LogP contribution in [0.2, 0.25) is 0 Å². The molecule has 0 saturated carbocycles. The topological polar surface area (TPSA) is 82.8 Å². The SMILES string of the molecule is COc1cc(CNC(=O)c2cc(N)ccc2C)cc(OC)c1OC. The number of carbonyl (C=O) groups is 1. The molecule has 6 heteroatoms. The fourth-order valence-electron chi connectivity index (χ4n) is 2.40. The van der Waals surface area contributed by atoms with Crippen LogP contribution < -0.4 is 25.3 Å². The third kappa shape index (κ3) is 3.71. The van der Waals surface area contributed by atoms with Gasteiger partial charge in [0.05, 0.1) is 21.3 Å². The lowest BCUT2D eigenvalue weighted by atomic mass is 10.1. The van der Waals surface area contributed by atoms with Crippen molar-refractivity contribution in [3.63, 3.8) is 0 Å². The molecule has 0 saturated heterocycles. The Kier molecular flexibility index (Phi) is 5.52. The van der Waals surface area contributed by atoms with Gasteiger partial charge in [0.2, 0.25) is 5.75 Å². The monoisotopic (exact) mass is 330 g/mol. The number of nitrogens with one attached hydrogen (secondary N) is 1. The summed E-state index contributed by atoms with van der Waals surface area (Å²) in [6, 6.07) is 8.86. The highest BCUT2D eigenvalue weighted by molar-refractivity contribution is 5.96. The summed E-state index contributed by atoms with van der Waals surface area (Å²) in [5.74, 6) is 1.41. The first-order valence-corrected chi connectivity index (χ1v) is 7.43. The maximum absolute atomic E-state index is 12.4. The maximum atomic E-state index is 12.4. The van der Waals surface area contributed by atoms with E-state index in [0.717, 1.165) is 11.1 Å². The molecule has 0 spiro atoms. The zero-order valence-corrected chi connectivity index (χ0v) is 14.3. The Morgan fingerprint density at radius 1 is 1.04 bits per heavy atom. The van der Waals surface area contributed by atoms with Crippen molar-refractivity contribution in [2.75, 3.05) is 27.1 Å². The molecule has 0 unspecified atom stereocenters. The maximum Gasteiger partial charge on any atom is 0.251 e. The number of ether oxygens (including phenoxy) is 3. The Hall–Kier alpha value is -2.89. The van der Waals surface area contributed by atoms with Gasteiger partial charge in [0, 0.05) is 17.8 Å². The van der Waals surface area contributed by atoms with Gasteiger partial charge in [-0.2, -0.15) is 0 Å². The predicted molar refractivity (Wildman–Crippen MR) is 92.9 cm³/mol. The molecule has 0 bridgehead atoms. The number of hydrogen-bond donors (Lipinski definition) is 2. The highest BCUT2D eigenvalue weighted by Gasteiger charge is 2.14. The number of carbonyl (C=O) groups excluding carboxylic acids is 1. The number of nitrogen functional groups attached to an aromatic ring is 1. The van der Waals surface area contributed by atoms with Gasteiger partial charge in [-0.15, -0.1) is 0 Å². The molecule has 2 aromatic carbocycles. The molecule has 2 aromatic rings. The van der Waals surface area contributed by atoms with Crippen LogP contribution in [0.25, 0.3) is 0 Å². The average molecular weight is 330 g/mol. The first-order chi connectivity index (χ1) is 11.5. The van der Waals surface area contributed by atoms with E-state index in [2.05, 4.69) is 5.32 Å². The van der Waals surface area contributed by atoms with Gasteiger partial charge < -0.3 is 25.3 Å². The number of anilines is 1. The second-order valence-corrected chi connectivity index (χ2v) is 5.29. The average Bonchev–Trinajstić information content (AvgIpc) is 2.60. The molecule has 2 rings (SSSR count). The smallest absolute Gasteiger partial charge is 0.251 e. The summed E-state index contributed by atoms with van der Waals surface area (Å²) in [4.78, 5) is 12.4. The quantitative estimate of drug-likeness (QED) is 0.795. The lowest BCUT2D eigenvalue weighted by Gasteiger charge is -2.15. The number of methoxy groups -OCH3 is 3. The van der Waals surface area contributed by atoms with Gasteiger partial charge in [0.25, 0.3) is 5.91 Å². The van der Waals surface area contributed by atoms with Crippen LogP contribution in [0.15, 0.2) is 30.3 Å². The third-order valence-electron chi connectivity index (χ3n) is 3.68. The number of benzene rings is 2. The van der Waals surface area contributed by atoms with Gasteiger partial charge in [-0.05, 0) is 42.3 Å². The second kappa shape index (κ2) is 7.59. The van der Waals surface area contributed by atoms with Crippen molar-refractivity contribution in [3.05, 3.63) is 47.0 Å².